The van der Waals surface area contributed by atoms with Gasteiger partial charge in [0.1, 0.15) is 0 Å². The van der Waals surface area contributed by atoms with Gasteiger partial charge in [-0.25, -0.2) is 4.98 Å². The number of rotatable bonds is 1. The minimum absolute atomic E-state index is 0.0773. The Morgan fingerprint density at radius 3 is 3.00 bits per heavy atom. The molecule has 1 aliphatic rings. The molecule has 0 N–H and O–H groups in total. The van der Waals surface area contributed by atoms with E-state index in [9.17, 15) is 4.79 Å². The summed E-state index contributed by atoms with van der Waals surface area (Å²) in [5, 5.41) is 7.42. The Balaban J connectivity index is 1.79. The summed E-state index contributed by atoms with van der Waals surface area (Å²) >= 11 is 1.78. The van der Waals surface area contributed by atoms with Gasteiger partial charge in [0.15, 0.2) is 5.65 Å². The van der Waals surface area contributed by atoms with Crippen LogP contribution in [-0.4, -0.2) is 32.1 Å². The zero-order chi connectivity index (χ0) is 16.1. The van der Waals surface area contributed by atoms with Crippen molar-refractivity contribution < 1.29 is 4.79 Å². The van der Waals surface area contributed by atoms with Gasteiger partial charge in [-0.1, -0.05) is 0 Å². The molecular formula is C17H18N4OS. The second-order valence-electron chi connectivity index (χ2n) is 6.06. The number of fused-ring (bicyclic) bond motifs is 2. The highest BCUT2D eigenvalue weighted by Gasteiger charge is 2.25. The van der Waals surface area contributed by atoms with E-state index in [0.29, 0.717) is 6.54 Å². The Kier molecular flexibility index (Phi) is 3.23. The van der Waals surface area contributed by atoms with Gasteiger partial charge in [0, 0.05) is 30.7 Å². The minimum atomic E-state index is 0.0773. The van der Waals surface area contributed by atoms with Crippen molar-refractivity contribution in [3.8, 4) is 0 Å². The maximum absolute atomic E-state index is 13.1. The fraction of sp³-hybridized carbons (Fsp3) is 0.353. The Bertz CT molecular complexity index is 924. The molecular weight excluding hydrogens is 308 g/mol. The van der Waals surface area contributed by atoms with Crippen molar-refractivity contribution in [2.24, 2.45) is 7.05 Å². The van der Waals surface area contributed by atoms with Crippen LogP contribution in [0.5, 0.6) is 0 Å². The van der Waals surface area contributed by atoms with Crippen molar-refractivity contribution in [3.05, 3.63) is 44.9 Å². The number of aromatic nitrogens is 3. The smallest absolute Gasteiger partial charge is 0.255 e. The first kappa shape index (κ1) is 14.4. The zero-order valence-corrected chi connectivity index (χ0v) is 14.3. The normalized spacial score (nSPS) is 14.3. The standard InChI is InChI=1S/C17H18N4OS/c1-10-8-13(15-11(2)19-20(3)16(15)18-10)17(22)21-6-4-14-12(9-21)5-7-23-14/h5,7-8H,4,6,9H2,1-3H3. The lowest BCUT2D eigenvalue weighted by Gasteiger charge is -2.27. The Morgan fingerprint density at radius 2 is 2.17 bits per heavy atom. The fourth-order valence-corrected chi connectivity index (χ4v) is 4.22. The number of amides is 1. The number of pyridine rings is 1. The van der Waals surface area contributed by atoms with Gasteiger partial charge in [-0.3, -0.25) is 9.48 Å². The number of thiophene rings is 1. The largest absolute Gasteiger partial charge is 0.334 e. The monoisotopic (exact) mass is 326 g/mol. The molecule has 4 rings (SSSR count). The van der Waals surface area contributed by atoms with Crippen LogP contribution in [0.25, 0.3) is 11.0 Å². The van der Waals surface area contributed by atoms with Crippen LogP contribution in [0.4, 0.5) is 0 Å². The first-order valence-electron chi connectivity index (χ1n) is 7.70. The summed E-state index contributed by atoms with van der Waals surface area (Å²) in [7, 11) is 1.87. The van der Waals surface area contributed by atoms with Crippen LogP contribution in [0.3, 0.4) is 0 Å². The van der Waals surface area contributed by atoms with Crippen LogP contribution >= 0.6 is 11.3 Å². The van der Waals surface area contributed by atoms with Gasteiger partial charge in [0.2, 0.25) is 0 Å². The third-order valence-corrected chi connectivity index (χ3v) is 5.45. The van der Waals surface area contributed by atoms with Gasteiger partial charge < -0.3 is 4.90 Å². The van der Waals surface area contributed by atoms with Crippen LogP contribution < -0.4 is 0 Å². The molecule has 0 atom stereocenters. The maximum atomic E-state index is 13.1. The highest BCUT2D eigenvalue weighted by Crippen LogP contribution is 2.28. The summed E-state index contributed by atoms with van der Waals surface area (Å²) in [5.74, 6) is 0.0773. The summed E-state index contributed by atoms with van der Waals surface area (Å²) in [4.78, 5) is 21.0. The lowest BCUT2D eigenvalue weighted by molar-refractivity contribution is 0.0737. The van der Waals surface area contributed by atoms with Gasteiger partial charge in [-0.05, 0) is 43.3 Å². The number of carbonyl (C=O) groups is 1. The average Bonchev–Trinajstić information content (AvgIpc) is 3.10. The molecule has 6 heteroatoms. The summed E-state index contributed by atoms with van der Waals surface area (Å²) in [6, 6.07) is 4.02. The lowest BCUT2D eigenvalue weighted by Crippen LogP contribution is -2.35. The molecule has 0 saturated carbocycles. The van der Waals surface area contributed by atoms with Crippen molar-refractivity contribution in [1.29, 1.82) is 0 Å². The molecule has 0 spiro atoms. The number of hydrogen-bond acceptors (Lipinski definition) is 4. The molecule has 0 bridgehead atoms. The fourth-order valence-electron chi connectivity index (χ4n) is 3.33. The SMILES string of the molecule is Cc1cc(C(=O)N2CCc3sccc3C2)c2c(C)nn(C)c2n1. The molecule has 23 heavy (non-hydrogen) atoms. The van der Waals surface area contributed by atoms with E-state index in [1.54, 1.807) is 16.0 Å². The van der Waals surface area contributed by atoms with Crippen LogP contribution in [0.2, 0.25) is 0 Å². The molecule has 0 aromatic carbocycles. The van der Waals surface area contributed by atoms with Gasteiger partial charge in [-0.15, -0.1) is 11.3 Å². The third kappa shape index (κ3) is 2.25. The van der Waals surface area contributed by atoms with E-state index in [0.717, 1.165) is 41.0 Å². The first-order chi connectivity index (χ1) is 11.0. The van der Waals surface area contributed by atoms with Crippen molar-refractivity contribution in [1.82, 2.24) is 19.7 Å². The molecule has 0 radical (unpaired) electrons. The second-order valence-corrected chi connectivity index (χ2v) is 7.07. The predicted molar refractivity (Wildman–Crippen MR) is 90.7 cm³/mol. The number of aryl methyl sites for hydroxylation is 3. The van der Waals surface area contributed by atoms with E-state index in [2.05, 4.69) is 21.5 Å². The quantitative estimate of drug-likeness (QED) is 0.691. The second kappa shape index (κ2) is 5.16. The van der Waals surface area contributed by atoms with Crippen LogP contribution in [-0.2, 0) is 20.0 Å². The maximum Gasteiger partial charge on any atom is 0.255 e. The summed E-state index contributed by atoms with van der Waals surface area (Å²) < 4.78 is 1.75. The number of nitrogens with zero attached hydrogens (tertiary/aromatic N) is 4. The highest BCUT2D eigenvalue weighted by atomic mass is 32.1. The van der Waals surface area contributed by atoms with E-state index in [1.165, 1.54) is 10.4 Å². The molecule has 3 aromatic rings. The van der Waals surface area contributed by atoms with E-state index in [-0.39, 0.29) is 5.91 Å². The molecule has 1 aliphatic heterocycles. The van der Waals surface area contributed by atoms with Crippen molar-refractivity contribution in [3.63, 3.8) is 0 Å². The van der Waals surface area contributed by atoms with Gasteiger partial charge in [0.25, 0.3) is 5.91 Å². The molecule has 0 saturated heterocycles. The first-order valence-corrected chi connectivity index (χ1v) is 8.58. The van der Waals surface area contributed by atoms with Crippen molar-refractivity contribution in [2.45, 2.75) is 26.8 Å². The predicted octanol–water partition coefficient (Wildman–Crippen LogP) is 2.85. The average molecular weight is 326 g/mol. The summed E-state index contributed by atoms with van der Waals surface area (Å²) in [5.41, 5.74) is 4.47. The Morgan fingerprint density at radius 1 is 1.35 bits per heavy atom. The number of carbonyl (C=O) groups excluding carboxylic acids is 1. The third-order valence-electron chi connectivity index (χ3n) is 4.42. The zero-order valence-electron chi connectivity index (χ0n) is 13.5. The van der Waals surface area contributed by atoms with E-state index < -0.39 is 0 Å². The molecule has 0 aliphatic carbocycles. The molecule has 1 amide bonds. The molecule has 0 unspecified atom stereocenters. The molecule has 3 aromatic heterocycles. The van der Waals surface area contributed by atoms with E-state index in [4.69, 9.17) is 0 Å². The van der Waals surface area contributed by atoms with Crippen LogP contribution in [0.1, 0.15) is 32.2 Å². The van der Waals surface area contributed by atoms with Gasteiger partial charge >= 0.3 is 0 Å². The van der Waals surface area contributed by atoms with Crippen LogP contribution in [0, 0.1) is 13.8 Å². The lowest BCUT2D eigenvalue weighted by atomic mass is 10.1. The summed E-state index contributed by atoms with van der Waals surface area (Å²) in [6.45, 7) is 5.32. The van der Waals surface area contributed by atoms with Gasteiger partial charge in [-0.2, -0.15) is 5.10 Å². The number of hydrogen-bond donors (Lipinski definition) is 0. The molecule has 0 fully saturated rings. The van der Waals surface area contributed by atoms with E-state index >= 15 is 0 Å². The van der Waals surface area contributed by atoms with Crippen LogP contribution in [0.15, 0.2) is 17.5 Å². The van der Waals surface area contributed by atoms with Crippen molar-refractivity contribution in [2.75, 3.05) is 6.54 Å². The summed E-state index contributed by atoms with van der Waals surface area (Å²) in [6.07, 6.45) is 0.942. The van der Waals surface area contributed by atoms with E-state index in [1.807, 2.05) is 31.9 Å². The van der Waals surface area contributed by atoms with Crippen molar-refractivity contribution >= 4 is 28.3 Å². The highest BCUT2D eigenvalue weighted by molar-refractivity contribution is 7.10. The van der Waals surface area contributed by atoms with Gasteiger partial charge in [0.05, 0.1) is 16.6 Å². The molecule has 5 nitrogen and oxygen atoms in total. The topological polar surface area (TPSA) is 51.0 Å². The molecule has 4 heterocycles. The Hall–Kier alpha value is -2.21. The Labute approximate surface area is 138 Å². The molecule has 118 valence electrons. The minimum Gasteiger partial charge on any atom is -0.334 e.